The maximum absolute atomic E-state index is 12.2. The molecule has 0 unspecified atom stereocenters. The molecule has 0 fully saturated rings. The van der Waals surface area contributed by atoms with E-state index in [1.54, 1.807) is 49.8 Å². The van der Waals surface area contributed by atoms with Gasteiger partial charge in [-0.05, 0) is 24.3 Å². The number of nitrogens with zero attached hydrogens (tertiary/aromatic N) is 3. The third kappa shape index (κ3) is 3.88. The summed E-state index contributed by atoms with van der Waals surface area (Å²) in [5.74, 6) is 0.886. The molecule has 0 aliphatic rings. The van der Waals surface area contributed by atoms with Crippen molar-refractivity contribution in [2.75, 3.05) is 7.11 Å². The number of benzene rings is 1. The van der Waals surface area contributed by atoms with Crippen LogP contribution in [-0.4, -0.2) is 28.7 Å². The van der Waals surface area contributed by atoms with Gasteiger partial charge in [-0.25, -0.2) is 15.4 Å². The lowest BCUT2D eigenvalue weighted by Crippen LogP contribution is -2.23. The number of carbonyl (C=O) groups is 1. The molecule has 1 aromatic heterocycles. The van der Waals surface area contributed by atoms with E-state index in [9.17, 15) is 4.79 Å². The second-order valence-electron chi connectivity index (χ2n) is 4.90. The highest BCUT2D eigenvalue weighted by Gasteiger charge is 2.13. The molecular formula is C16H18N4O2. The van der Waals surface area contributed by atoms with Crippen molar-refractivity contribution in [3.05, 3.63) is 54.1 Å². The van der Waals surface area contributed by atoms with Crippen LogP contribution in [0.4, 0.5) is 0 Å². The first-order valence-corrected chi connectivity index (χ1v) is 6.91. The fraction of sp³-hybridized carbons (Fsp3) is 0.250. The van der Waals surface area contributed by atoms with E-state index in [1.807, 2.05) is 13.8 Å². The van der Waals surface area contributed by atoms with E-state index in [4.69, 9.17) is 4.74 Å². The van der Waals surface area contributed by atoms with Crippen LogP contribution in [-0.2, 0) is 0 Å². The number of ether oxygens (including phenoxy) is 1. The number of nitrogens with one attached hydrogen (secondary N) is 1. The molecule has 0 atom stereocenters. The summed E-state index contributed by atoms with van der Waals surface area (Å²) >= 11 is 0. The summed E-state index contributed by atoms with van der Waals surface area (Å²) in [7, 11) is 1.55. The summed E-state index contributed by atoms with van der Waals surface area (Å²) < 4.78 is 5.10. The second-order valence-corrected chi connectivity index (χ2v) is 4.90. The Bertz CT molecular complexity index is 669. The van der Waals surface area contributed by atoms with Crippen molar-refractivity contribution in [1.82, 2.24) is 15.4 Å². The number of rotatable bonds is 5. The average Bonchev–Trinajstić information content (AvgIpc) is 2.55. The lowest BCUT2D eigenvalue weighted by Gasteiger charge is -2.09. The molecular weight excluding hydrogens is 280 g/mol. The first kappa shape index (κ1) is 15.6. The summed E-state index contributed by atoms with van der Waals surface area (Å²) in [5, 5.41) is 4.18. The van der Waals surface area contributed by atoms with Gasteiger partial charge in [-0.1, -0.05) is 19.9 Å². The van der Waals surface area contributed by atoms with Crippen molar-refractivity contribution in [3.8, 4) is 5.75 Å². The van der Waals surface area contributed by atoms with Gasteiger partial charge in [-0.2, -0.15) is 5.10 Å². The SMILES string of the molecule is COc1cccc(C(=O)N/N=C(/c2ncccn2)C(C)C)c1. The van der Waals surface area contributed by atoms with Crippen molar-refractivity contribution < 1.29 is 9.53 Å². The van der Waals surface area contributed by atoms with Crippen LogP contribution in [0, 0.1) is 5.92 Å². The topological polar surface area (TPSA) is 76.5 Å². The number of aromatic nitrogens is 2. The van der Waals surface area contributed by atoms with Crippen molar-refractivity contribution in [3.63, 3.8) is 0 Å². The van der Waals surface area contributed by atoms with E-state index in [2.05, 4.69) is 20.5 Å². The van der Waals surface area contributed by atoms with E-state index < -0.39 is 0 Å². The predicted octanol–water partition coefficient (Wildman–Crippen LogP) is 2.28. The van der Waals surface area contributed by atoms with E-state index in [0.29, 0.717) is 22.8 Å². The zero-order valence-corrected chi connectivity index (χ0v) is 12.8. The lowest BCUT2D eigenvalue weighted by atomic mass is 10.1. The van der Waals surface area contributed by atoms with Crippen LogP contribution in [0.15, 0.2) is 47.8 Å². The van der Waals surface area contributed by atoms with Crippen molar-refractivity contribution >= 4 is 11.6 Å². The van der Waals surface area contributed by atoms with Crippen LogP contribution in [0.2, 0.25) is 0 Å². The highest BCUT2D eigenvalue weighted by atomic mass is 16.5. The number of hydrogen-bond acceptors (Lipinski definition) is 5. The van der Waals surface area contributed by atoms with Gasteiger partial charge in [0, 0.05) is 23.9 Å². The minimum absolute atomic E-state index is 0.0769. The van der Waals surface area contributed by atoms with Gasteiger partial charge in [0.2, 0.25) is 0 Å². The van der Waals surface area contributed by atoms with Crippen LogP contribution >= 0.6 is 0 Å². The third-order valence-electron chi connectivity index (χ3n) is 2.95. The van der Waals surface area contributed by atoms with Crippen molar-refractivity contribution in [2.24, 2.45) is 11.0 Å². The molecule has 1 N–H and O–H groups in total. The van der Waals surface area contributed by atoms with Gasteiger partial charge >= 0.3 is 0 Å². The summed E-state index contributed by atoms with van der Waals surface area (Å²) in [4.78, 5) is 20.5. The molecule has 6 heteroatoms. The second kappa shape index (κ2) is 7.31. The van der Waals surface area contributed by atoms with Gasteiger partial charge in [-0.15, -0.1) is 0 Å². The highest BCUT2D eigenvalue weighted by molar-refractivity contribution is 6.00. The maximum atomic E-state index is 12.2. The minimum atomic E-state index is -0.312. The van der Waals surface area contributed by atoms with Crippen molar-refractivity contribution in [1.29, 1.82) is 0 Å². The Morgan fingerprint density at radius 3 is 2.59 bits per heavy atom. The molecule has 22 heavy (non-hydrogen) atoms. The molecule has 0 aliphatic carbocycles. The van der Waals surface area contributed by atoms with Gasteiger partial charge < -0.3 is 4.74 Å². The molecule has 2 aromatic rings. The van der Waals surface area contributed by atoms with Gasteiger partial charge in [0.15, 0.2) is 5.82 Å². The van der Waals surface area contributed by atoms with E-state index in [0.717, 1.165) is 0 Å². The van der Waals surface area contributed by atoms with Crippen LogP contribution < -0.4 is 10.2 Å². The van der Waals surface area contributed by atoms with E-state index in [1.165, 1.54) is 0 Å². The predicted molar refractivity (Wildman–Crippen MR) is 83.9 cm³/mol. The Morgan fingerprint density at radius 2 is 1.95 bits per heavy atom. The van der Waals surface area contributed by atoms with Crippen molar-refractivity contribution in [2.45, 2.75) is 13.8 Å². The Morgan fingerprint density at radius 1 is 1.23 bits per heavy atom. The Balaban J connectivity index is 2.18. The fourth-order valence-electron chi connectivity index (χ4n) is 1.81. The quantitative estimate of drug-likeness (QED) is 0.678. The molecule has 6 nitrogen and oxygen atoms in total. The third-order valence-corrected chi connectivity index (χ3v) is 2.95. The van der Waals surface area contributed by atoms with Crippen LogP contribution in [0.5, 0.6) is 5.75 Å². The molecule has 0 aliphatic heterocycles. The molecule has 0 radical (unpaired) electrons. The van der Waals surface area contributed by atoms with Gasteiger partial charge in [0.1, 0.15) is 11.5 Å². The molecule has 0 spiro atoms. The molecule has 2 rings (SSSR count). The van der Waals surface area contributed by atoms with Crippen LogP contribution in [0.3, 0.4) is 0 Å². The van der Waals surface area contributed by atoms with Gasteiger partial charge in [0.05, 0.1) is 7.11 Å². The van der Waals surface area contributed by atoms with Gasteiger partial charge in [0.25, 0.3) is 5.91 Å². The van der Waals surface area contributed by atoms with Gasteiger partial charge in [-0.3, -0.25) is 4.79 Å². The number of amides is 1. The maximum Gasteiger partial charge on any atom is 0.271 e. The number of hydrogen-bond donors (Lipinski definition) is 1. The average molecular weight is 298 g/mol. The van der Waals surface area contributed by atoms with E-state index >= 15 is 0 Å². The minimum Gasteiger partial charge on any atom is -0.497 e. The van der Waals surface area contributed by atoms with E-state index in [-0.39, 0.29) is 11.8 Å². The summed E-state index contributed by atoms with van der Waals surface area (Å²) in [5.41, 5.74) is 3.64. The number of methoxy groups -OCH3 is 1. The molecule has 114 valence electrons. The van der Waals surface area contributed by atoms with Crippen LogP contribution in [0.1, 0.15) is 30.0 Å². The number of hydrazone groups is 1. The monoisotopic (exact) mass is 298 g/mol. The Hall–Kier alpha value is -2.76. The fourth-order valence-corrected chi connectivity index (χ4v) is 1.81. The lowest BCUT2D eigenvalue weighted by molar-refractivity contribution is 0.0954. The standard InChI is InChI=1S/C16H18N4O2/c1-11(2)14(15-17-8-5-9-18-15)19-20-16(21)12-6-4-7-13(10-12)22-3/h4-11H,1-3H3,(H,20,21)/b19-14+. The summed E-state index contributed by atoms with van der Waals surface area (Å²) in [6.45, 7) is 3.93. The highest BCUT2D eigenvalue weighted by Crippen LogP contribution is 2.12. The van der Waals surface area contributed by atoms with Crippen LogP contribution in [0.25, 0.3) is 0 Å². The molecule has 1 aromatic carbocycles. The first-order valence-electron chi connectivity index (χ1n) is 6.91. The smallest absolute Gasteiger partial charge is 0.271 e. The zero-order valence-electron chi connectivity index (χ0n) is 12.8. The first-order chi connectivity index (χ1) is 10.6. The molecule has 0 bridgehead atoms. The normalized spacial score (nSPS) is 11.4. The Kier molecular flexibility index (Phi) is 5.19. The molecule has 0 saturated carbocycles. The molecule has 1 heterocycles. The summed E-state index contributed by atoms with van der Waals surface area (Å²) in [6.07, 6.45) is 3.29. The number of carbonyl (C=O) groups excluding carboxylic acids is 1. The largest absolute Gasteiger partial charge is 0.497 e. The zero-order chi connectivity index (χ0) is 15.9. The Labute approximate surface area is 129 Å². The summed E-state index contributed by atoms with van der Waals surface area (Å²) in [6, 6.07) is 8.61. The molecule has 1 amide bonds. The molecule has 0 saturated heterocycles.